The minimum absolute atomic E-state index is 0.0434. The number of rotatable bonds is 7. The van der Waals surface area contributed by atoms with Crippen molar-refractivity contribution in [3.63, 3.8) is 0 Å². The summed E-state index contributed by atoms with van der Waals surface area (Å²) in [6, 6.07) is 9.73. The Morgan fingerprint density at radius 1 is 1.26 bits per heavy atom. The summed E-state index contributed by atoms with van der Waals surface area (Å²) in [6.07, 6.45) is 1.42. The molecule has 27 heavy (non-hydrogen) atoms. The third kappa shape index (κ3) is 6.66. The van der Waals surface area contributed by atoms with Crippen LogP contribution >= 0.6 is 23.2 Å². The zero-order valence-electron chi connectivity index (χ0n) is 15.3. The Bertz CT molecular complexity index is 826. The van der Waals surface area contributed by atoms with E-state index in [0.29, 0.717) is 39.4 Å². The summed E-state index contributed by atoms with van der Waals surface area (Å²) in [7, 11) is 0. The van der Waals surface area contributed by atoms with Crippen LogP contribution in [0.1, 0.15) is 26.3 Å². The first kappa shape index (κ1) is 20.9. The fourth-order valence-electron chi connectivity index (χ4n) is 2.17. The van der Waals surface area contributed by atoms with Gasteiger partial charge in [-0.15, -0.1) is 0 Å². The zero-order valence-corrected chi connectivity index (χ0v) is 16.8. The second-order valence-electron chi connectivity index (χ2n) is 5.76. The highest BCUT2D eigenvalue weighted by molar-refractivity contribution is 6.32. The van der Waals surface area contributed by atoms with Crippen LogP contribution in [-0.4, -0.2) is 25.0 Å². The van der Waals surface area contributed by atoms with Gasteiger partial charge in [-0.1, -0.05) is 29.3 Å². The monoisotopic (exact) mass is 409 g/mol. The summed E-state index contributed by atoms with van der Waals surface area (Å²) in [5.41, 5.74) is 3.60. The number of halogens is 2. The number of urea groups is 1. The lowest BCUT2D eigenvalue weighted by Crippen LogP contribution is -2.24. The molecule has 0 atom stereocenters. The van der Waals surface area contributed by atoms with Gasteiger partial charge in [0.2, 0.25) is 0 Å². The molecule has 2 aromatic rings. The molecule has 0 unspecified atom stereocenters. The smallest absolute Gasteiger partial charge is 0.339 e. The number of amides is 2. The summed E-state index contributed by atoms with van der Waals surface area (Å²) in [5, 5.41) is 7.47. The fourth-order valence-corrected chi connectivity index (χ4v) is 2.62. The average Bonchev–Trinajstić information content (AvgIpc) is 2.58. The van der Waals surface area contributed by atoms with Gasteiger partial charge in [-0.2, -0.15) is 5.10 Å². The SMILES string of the molecule is CCOc1cc(/C=N\NC(=O)Nc2cccc(Cl)c2)cc(Cl)c1OC(C)C. The molecule has 2 amide bonds. The first-order valence-corrected chi connectivity index (χ1v) is 9.13. The number of ether oxygens (including phenoxy) is 2. The van der Waals surface area contributed by atoms with Crippen molar-refractivity contribution in [1.82, 2.24) is 5.43 Å². The van der Waals surface area contributed by atoms with E-state index in [1.807, 2.05) is 20.8 Å². The van der Waals surface area contributed by atoms with Crippen LogP contribution in [0.3, 0.4) is 0 Å². The number of benzene rings is 2. The van der Waals surface area contributed by atoms with Gasteiger partial charge in [0.25, 0.3) is 0 Å². The van der Waals surface area contributed by atoms with E-state index >= 15 is 0 Å². The van der Waals surface area contributed by atoms with Gasteiger partial charge >= 0.3 is 6.03 Å². The fraction of sp³-hybridized carbons (Fsp3) is 0.263. The number of hydrogen-bond acceptors (Lipinski definition) is 4. The normalized spacial score (nSPS) is 10.9. The van der Waals surface area contributed by atoms with E-state index in [1.165, 1.54) is 6.21 Å². The lowest BCUT2D eigenvalue weighted by Gasteiger charge is -2.16. The van der Waals surface area contributed by atoms with Gasteiger partial charge in [-0.3, -0.25) is 0 Å². The molecule has 0 aliphatic carbocycles. The van der Waals surface area contributed by atoms with E-state index in [4.69, 9.17) is 32.7 Å². The molecule has 0 saturated carbocycles. The minimum Gasteiger partial charge on any atom is -0.490 e. The first-order valence-electron chi connectivity index (χ1n) is 8.37. The van der Waals surface area contributed by atoms with Gasteiger partial charge in [0.05, 0.1) is 23.9 Å². The summed E-state index contributed by atoms with van der Waals surface area (Å²) in [6.45, 7) is 6.15. The van der Waals surface area contributed by atoms with E-state index < -0.39 is 6.03 Å². The number of anilines is 1. The van der Waals surface area contributed by atoms with Crippen molar-refractivity contribution in [1.29, 1.82) is 0 Å². The molecule has 0 saturated heterocycles. The van der Waals surface area contributed by atoms with Gasteiger partial charge in [0.15, 0.2) is 11.5 Å². The van der Waals surface area contributed by atoms with Crippen molar-refractivity contribution in [2.75, 3.05) is 11.9 Å². The van der Waals surface area contributed by atoms with Crippen LogP contribution in [0.5, 0.6) is 11.5 Å². The molecule has 144 valence electrons. The van der Waals surface area contributed by atoms with Crippen LogP contribution in [0.4, 0.5) is 10.5 Å². The highest BCUT2D eigenvalue weighted by atomic mass is 35.5. The Kier molecular flexibility index (Phi) is 7.76. The molecule has 8 heteroatoms. The number of hydrazone groups is 1. The Morgan fingerprint density at radius 3 is 2.70 bits per heavy atom. The Balaban J connectivity index is 2.06. The summed E-state index contributed by atoms with van der Waals surface area (Å²) < 4.78 is 11.3. The van der Waals surface area contributed by atoms with Crippen LogP contribution < -0.4 is 20.2 Å². The molecule has 2 aromatic carbocycles. The highest BCUT2D eigenvalue weighted by Crippen LogP contribution is 2.37. The van der Waals surface area contributed by atoms with Crippen LogP contribution in [0.15, 0.2) is 41.5 Å². The standard InChI is InChI=1S/C19H21Cl2N3O3/c1-4-26-17-9-13(8-16(21)18(17)27-12(2)3)11-22-24-19(25)23-15-7-5-6-14(20)10-15/h5-12H,4H2,1-3H3,(H2,23,24,25)/b22-11-. The maximum Gasteiger partial charge on any atom is 0.339 e. The van der Waals surface area contributed by atoms with Crippen molar-refractivity contribution in [3.8, 4) is 11.5 Å². The molecule has 0 spiro atoms. The maximum absolute atomic E-state index is 11.9. The highest BCUT2D eigenvalue weighted by Gasteiger charge is 2.13. The summed E-state index contributed by atoms with van der Waals surface area (Å²) in [4.78, 5) is 11.9. The number of nitrogens with one attached hydrogen (secondary N) is 2. The number of nitrogens with zero attached hydrogens (tertiary/aromatic N) is 1. The predicted octanol–water partition coefficient (Wildman–Crippen LogP) is 5.33. The second-order valence-corrected chi connectivity index (χ2v) is 6.61. The molecule has 0 aromatic heterocycles. The second kappa shape index (κ2) is 10.0. The van der Waals surface area contributed by atoms with Crippen molar-refractivity contribution >= 4 is 41.1 Å². The van der Waals surface area contributed by atoms with Gasteiger partial charge in [0, 0.05) is 10.7 Å². The third-order valence-corrected chi connectivity index (χ3v) is 3.66. The lowest BCUT2D eigenvalue weighted by molar-refractivity contribution is 0.224. The molecule has 0 aliphatic heterocycles. The van der Waals surface area contributed by atoms with Crippen LogP contribution in [-0.2, 0) is 0 Å². The average molecular weight is 410 g/mol. The number of hydrogen-bond donors (Lipinski definition) is 2. The van der Waals surface area contributed by atoms with Crippen molar-refractivity contribution in [2.24, 2.45) is 5.10 Å². The van der Waals surface area contributed by atoms with E-state index in [1.54, 1.807) is 36.4 Å². The molecule has 0 radical (unpaired) electrons. The van der Waals surface area contributed by atoms with Gasteiger partial charge in [0.1, 0.15) is 0 Å². The Morgan fingerprint density at radius 2 is 2.04 bits per heavy atom. The molecule has 2 N–H and O–H groups in total. The van der Waals surface area contributed by atoms with E-state index in [0.717, 1.165) is 0 Å². The molecule has 6 nitrogen and oxygen atoms in total. The van der Waals surface area contributed by atoms with Gasteiger partial charge < -0.3 is 14.8 Å². The van der Waals surface area contributed by atoms with E-state index in [2.05, 4.69) is 15.8 Å². The summed E-state index contributed by atoms with van der Waals surface area (Å²) in [5.74, 6) is 1.00. The van der Waals surface area contributed by atoms with Gasteiger partial charge in [-0.25, -0.2) is 10.2 Å². The largest absolute Gasteiger partial charge is 0.490 e. The maximum atomic E-state index is 11.9. The third-order valence-electron chi connectivity index (χ3n) is 3.15. The molecule has 0 heterocycles. The minimum atomic E-state index is -0.496. The van der Waals surface area contributed by atoms with Crippen LogP contribution in [0, 0.1) is 0 Å². The quantitative estimate of drug-likeness (QED) is 0.479. The number of carbonyl (C=O) groups is 1. The van der Waals surface area contributed by atoms with Gasteiger partial charge in [-0.05, 0) is 56.7 Å². The van der Waals surface area contributed by atoms with Crippen LogP contribution in [0.2, 0.25) is 10.0 Å². The Hall–Kier alpha value is -2.44. The topological polar surface area (TPSA) is 72.0 Å². The molecular formula is C19H21Cl2N3O3. The zero-order chi connectivity index (χ0) is 19.8. The number of carbonyl (C=O) groups excluding carboxylic acids is 1. The predicted molar refractivity (Wildman–Crippen MR) is 110 cm³/mol. The van der Waals surface area contributed by atoms with E-state index in [9.17, 15) is 4.79 Å². The van der Waals surface area contributed by atoms with Crippen molar-refractivity contribution < 1.29 is 14.3 Å². The lowest BCUT2D eigenvalue weighted by atomic mass is 10.2. The van der Waals surface area contributed by atoms with Crippen LogP contribution in [0.25, 0.3) is 0 Å². The molecule has 0 fully saturated rings. The molecule has 0 bridgehead atoms. The molecular weight excluding hydrogens is 389 g/mol. The molecule has 2 rings (SSSR count). The Labute approximate surface area is 168 Å². The summed E-state index contributed by atoms with van der Waals surface area (Å²) >= 11 is 12.2. The molecule has 0 aliphatic rings. The first-order chi connectivity index (χ1) is 12.9. The van der Waals surface area contributed by atoms with E-state index in [-0.39, 0.29) is 6.10 Å². The van der Waals surface area contributed by atoms with Crippen molar-refractivity contribution in [3.05, 3.63) is 52.0 Å². The van der Waals surface area contributed by atoms with Crippen molar-refractivity contribution in [2.45, 2.75) is 26.9 Å².